The number of carbonyl (C=O) groups is 1. The summed E-state index contributed by atoms with van der Waals surface area (Å²) in [7, 11) is 3.41. The van der Waals surface area contributed by atoms with Crippen molar-refractivity contribution in [1.29, 1.82) is 0 Å². The molecule has 5 heteroatoms. The van der Waals surface area contributed by atoms with Gasteiger partial charge in [-0.2, -0.15) is 0 Å². The van der Waals surface area contributed by atoms with Crippen molar-refractivity contribution in [3.8, 4) is 5.75 Å². The molecular formula is C15H18N2O2S. The Balaban J connectivity index is 2.15. The van der Waals surface area contributed by atoms with Crippen molar-refractivity contribution in [2.45, 2.75) is 13.5 Å². The van der Waals surface area contributed by atoms with Crippen LogP contribution in [0.2, 0.25) is 0 Å². The first-order valence-corrected chi connectivity index (χ1v) is 7.08. The van der Waals surface area contributed by atoms with Crippen LogP contribution in [0, 0.1) is 6.92 Å². The monoisotopic (exact) mass is 290 g/mol. The number of nitrogens with zero attached hydrogens (tertiary/aromatic N) is 1. The van der Waals surface area contributed by atoms with Crippen molar-refractivity contribution in [3.63, 3.8) is 0 Å². The van der Waals surface area contributed by atoms with Gasteiger partial charge in [0.25, 0.3) is 5.91 Å². The third-order valence-corrected chi connectivity index (χ3v) is 4.17. The number of carbonyl (C=O) groups excluding carboxylic acids is 1. The third-order valence-electron chi connectivity index (χ3n) is 3.11. The van der Waals surface area contributed by atoms with Crippen molar-refractivity contribution in [1.82, 2.24) is 4.90 Å². The molecule has 1 heterocycles. The fourth-order valence-electron chi connectivity index (χ4n) is 1.95. The van der Waals surface area contributed by atoms with Gasteiger partial charge in [-0.25, -0.2) is 0 Å². The summed E-state index contributed by atoms with van der Waals surface area (Å²) < 4.78 is 5.30. The Hall–Kier alpha value is -2.01. The molecule has 0 aliphatic rings. The maximum Gasteiger partial charge on any atom is 0.264 e. The van der Waals surface area contributed by atoms with E-state index in [0.29, 0.717) is 17.1 Å². The fourth-order valence-corrected chi connectivity index (χ4v) is 2.89. The summed E-state index contributed by atoms with van der Waals surface area (Å²) in [5.74, 6) is 0.759. The lowest BCUT2D eigenvalue weighted by Crippen LogP contribution is -2.25. The van der Waals surface area contributed by atoms with Crippen LogP contribution in [0.4, 0.5) is 5.69 Å². The number of hydrogen-bond acceptors (Lipinski definition) is 4. The standard InChI is InChI=1S/C15H18N2O2S/c1-10-12(16)8-14(20-10)15(18)17(2)9-11-6-4-5-7-13(11)19-3/h4-8H,9,16H2,1-3H3. The average molecular weight is 290 g/mol. The number of thiophene rings is 1. The molecule has 0 saturated heterocycles. The predicted octanol–water partition coefficient (Wildman–Crippen LogP) is 2.92. The zero-order valence-corrected chi connectivity index (χ0v) is 12.7. The molecule has 106 valence electrons. The zero-order valence-electron chi connectivity index (χ0n) is 11.8. The lowest BCUT2D eigenvalue weighted by Gasteiger charge is -2.18. The van der Waals surface area contributed by atoms with Gasteiger partial charge in [0.15, 0.2) is 0 Å². The SMILES string of the molecule is COc1ccccc1CN(C)C(=O)c1cc(N)c(C)s1. The molecule has 4 nitrogen and oxygen atoms in total. The fraction of sp³-hybridized carbons (Fsp3) is 0.267. The highest BCUT2D eigenvalue weighted by Crippen LogP contribution is 2.25. The molecule has 0 aliphatic heterocycles. The van der Waals surface area contributed by atoms with Crippen molar-refractivity contribution in [3.05, 3.63) is 45.6 Å². The number of aryl methyl sites for hydroxylation is 1. The molecule has 0 aliphatic carbocycles. The second kappa shape index (κ2) is 5.96. The quantitative estimate of drug-likeness (QED) is 0.942. The van der Waals surface area contributed by atoms with Crippen molar-refractivity contribution >= 4 is 22.9 Å². The Kier molecular flexibility index (Phi) is 4.29. The second-order valence-corrected chi connectivity index (χ2v) is 5.85. The molecule has 2 aromatic rings. The van der Waals surface area contributed by atoms with Gasteiger partial charge in [-0.15, -0.1) is 11.3 Å². The minimum Gasteiger partial charge on any atom is -0.496 e. The van der Waals surface area contributed by atoms with Crippen molar-refractivity contribution in [2.75, 3.05) is 19.9 Å². The number of hydrogen-bond donors (Lipinski definition) is 1. The van der Waals surface area contributed by atoms with Crippen LogP contribution in [-0.4, -0.2) is 25.0 Å². The number of nitrogen functional groups attached to an aromatic ring is 1. The average Bonchev–Trinajstić information content (AvgIpc) is 2.78. The predicted molar refractivity (Wildman–Crippen MR) is 82.3 cm³/mol. The summed E-state index contributed by atoms with van der Waals surface area (Å²) in [6.07, 6.45) is 0. The Bertz CT molecular complexity index is 603. The molecule has 2 rings (SSSR count). The van der Waals surface area contributed by atoms with Crippen LogP contribution in [-0.2, 0) is 6.54 Å². The van der Waals surface area contributed by atoms with E-state index in [1.54, 1.807) is 25.1 Å². The van der Waals surface area contributed by atoms with Gasteiger partial charge in [-0.3, -0.25) is 4.79 Å². The maximum atomic E-state index is 12.4. The Morgan fingerprint density at radius 3 is 2.70 bits per heavy atom. The van der Waals surface area contributed by atoms with Crippen LogP contribution in [0.3, 0.4) is 0 Å². The largest absolute Gasteiger partial charge is 0.496 e. The molecule has 1 aromatic carbocycles. The number of methoxy groups -OCH3 is 1. The van der Waals surface area contributed by atoms with E-state index in [9.17, 15) is 4.79 Å². The summed E-state index contributed by atoms with van der Waals surface area (Å²) in [4.78, 5) is 15.7. The van der Waals surface area contributed by atoms with Gasteiger partial charge < -0.3 is 15.4 Å². The van der Waals surface area contributed by atoms with Crippen molar-refractivity contribution in [2.24, 2.45) is 0 Å². The van der Waals surface area contributed by atoms with Crippen LogP contribution in [0.25, 0.3) is 0 Å². The van der Waals surface area contributed by atoms with E-state index < -0.39 is 0 Å². The van der Waals surface area contributed by atoms with E-state index >= 15 is 0 Å². The van der Waals surface area contributed by atoms with Gasteiger partial charge in [0.2, 0.25) is 0 Å². The second-order valence-electron chi connectivity index (χ2n) is 4.60. The van der Waals surface area contributed by atoms with Gasteiger partial charge in [0.1, 0.15) is 5.75 Å². The summed E-state index contributed by atoms with van der Waals surface area (Å²) in [5.41, 5.74) is 7.45. The number of rotatable bonds is 4. The van der Waals surface area contributed by atoms with Gasteiger partial charge >= 0.3 is 0 Å². The van der Waals surface area contributed by atoms with Crippen LogP contribution < -0.4 is 10.5 Å². The Morgan fingerprint density at radius 2 is 2.10 bits per heavy atom. The number of nitrogens with two attached hydrogens (primary N) is 1. The molecule has 1 aromatic heterocycles. The lowest BCUT2D eigenvalue weighted by molar-refractivity contribution is 0.0789. The van der Waals surface area contributed by atoms with Crippen LogP contribution in [0.5, 0.6) is 5.75 Å². The first kappa shape index (κ1) is 14.4. The van der Waals surface area contributed by atoms with E-state index in [-0.39, 0.29) is 5.91 Å². The van der Waals surface area contributed by atoms with Crippen LogP contribution in [0.1, 0.15) is 20.1 Å². The Morgan fingerprint density at radius 1 is 1.40 bits per heavy atom. The highest BCUT2D eigenvalue weighted by Gasteiger charge is 2.16. The molecule has 0 radical (unpaired) electrons. The molecular weight excluding hydrogens is 272 g/mol. The van der Waals surface area contributed by atoms with Crippen molar-refractivity contribution < 1.29 is 9.53 Å². The number of benzene rings is 1. The maximum absolute atomic E-state index is 12.4. The summed E-state index contributed by atoms with van der Waals surface area (Å²) in [6.45, 7) is 2.41. The van der Waals surface area contributed by atoms with E-state index in [1.807, 2.05) is 31.2 Å². The molecule has 0 saturated carbocycles. The molecule has 0 bridgehead atoms. The van der Waals surface area contributed by atoms with E-state index in [2.05, 4.69) is 0 Å². The van der Waals surface area contributed by atoms with Gasteiger partial charge in [0, 0.05) is 29.7 Å². The lowest BCUT2D eigenvalue weighted by atomic mass is 10.2. The van der Waals surface area contributed by atoms with Crippen LogP contribution >= 0.6 is 11.3 Å². The topological polar surface area (TPSA) is 55.6 Å². The smallest absolute Gasteiger partial charge is 0.264 e. The Labute approximate surface area is 122 Å². The molecule has 20 heavy (non-hydrogen) atoms. The molecule has 0 spiro atoms. The van der Waals surface area contributed by atoms with Gasteiger partial charge in [-0.1, -0.05) is 18.2 Å². The summed E-state index contributed by atoms with van der Waals surface area (Å²) in [5, 5.41) is 0. The zero-order chi connectivity index (χ0) is 14.7. The van der Waals surface area contributed by atoms with Gasteiger partial charge in [0.05, 0.1) is 12.0 Å². The molecule has 0 unspecified atom stereocenters. The van der Waals surface area contributed by atoms with E-state index in [0.717, 1.165) is 16.2 Å². The van der Waals surface area contributed by atoms with Gasteiger partial charge in [-0.05, 0) is 19.1 Å². The number of ether oxygens (including phenoxy) is 1. The van der Waals surface area contributed by atoms with Crippen LogP contribution in [0.15, 0.2) is 30.3 Å². The number of anilines is 1. The van der Waals surface area contributed by atoms with E-state index in [1.165, 1.54) is 11.3 Å². The van der Waals surface area contributed by atoms with E-state index in [4.69, 9.17) is 10.5 Å². The minimum atomic E-state index is -0.0271. The number of para-hydroxylation sites is 1. The first-order chi connectivity index (χ1) is 9.52. The highest BCUT2D eigenvalue weighted by atomic mass is 32.1. The molecule has 0 atom stereocenters. The highest BCUT2D eigenvalue weighted by molar-refractivity contribution is 7.14. The number of amides is 1. The summed E-state index contributed by atoms with van der Waals surface area (Å²) in [6, 6.07) is 9.43. The molecule has 2 N–H and O–H groups in total. The summed E-state index contributed by atoms with van der Waals surface area (Å²) >= 11 is 1.42. The minimum absolute atomic E-state index is 0.0271. The third kappa shape index (κ3) is 2.93. The molecule has 1 amide bonds. The normalized spacial score (nSPS) is 10.3. The molecule has 0 fully saturated rings. The first-order valence-electron chi connectivity index (χ1n) is 6.26.